The Morgan fingerprint density at radius 1 is 0.655 bits per heavy atom. The van der Waals surface area contributed by atoms with E-state index < -0.39 is 74.6 Å². The van der Waals surface area contributed by atoms with E-state index in [0.29, 0.717) is 0 Å². The van der Waals surface area contributed by atoms with Gasteiger partial charge in [-0.25, -0.2) is 0 Å². The number of hydrogen-bond acceptors (Lipinski definition) is 11. The van der Waals surface area contributed by atoms with E-state index in [2.05, 4.69) is 0 Å². The van der Waals surface area contributed by atoms with Gasteiger partial charge in [0.05, 0.1) is 25.4 Å². The van der Waals surface area contributed by atoms with E-state index in [-0.39, 0.29) is 12.2 Å². The zero-order chi connectivity index (χ0) is 21.9. The van der Waals surface area contributed by atoms with Gasteiger partial charge >= 0.3 is 0 Å². The van der Waals surface area contributed by atoms with Crippen LogP contribution in [0.2, 0.25) is 0 Å². The van der Waals surface area contributed by atoms with Crippen LogP contribution in [0, 0.1) is 0 Å². The number of ether oxygens (including phenoxy) is 5. The lowest BCUT2D eigenvalue weighted by Gasteiger charge is -2.47. The summed E-state index contributed by atoms with van der Waals surface area (Å²) in [6.45, 7) is 5.82. The molecule has 0 saturated carbocycles. The molecule has 0 aromatic rings. The Hall–Kier alpha value is -0.440. The topological polar surface area (TPSA) is 168 Å². The monoisotopic (exact) mass is 426 g/mol. The molecule has 172 valence electrons. The molecule has 0 aromatic carbocycles. The Kier molecular flexibility index (Phi) is 9.19. The lowest BCUT2D eigenvalue weighted by Crippen LogP contribution is -2.65. The highest BCUT2D eigenvalue weighted by Gasteiger charge is 2.51. The Bertz CT molecular complexity index is 486. The minimum absolute atomic E-state index is 0.294. The van der Waals surface area contributed by atoms with Crippen LogP contribution in [0.1, 0.15) is 27.7 Å². The summed E-state index contributed by atoms with van der Waals surface area (Å²) in [5.74, 6) is 0. The molecular weight excluding hydrogens is 392 g/mol. The highest BCUT2D eigenvalue weighted by atomic mass is 16.7. The molecule has 11 nitrogen and oxygen atoms in total. The maximum atomic E-state index is 10.5. The predicted molar refractivity (Wildman–Crippen MR) is 96.6 cm³/mol. The van der Waals surface area contributed by atoms with E-state index in [9.17, 15) is 30.6 Å². The summed E-state index contributed by atoms with van der Waals surface area (Å²) in [5.41, 5.74) is 0. The number of hydrogen-bond donors (Lipinski definition) is 6. The average molecular weight is 426 g/mol. The van der Waals surface area contributed by atoms with Gasteiger partial charge in [-0.3, -0.25) is 0 Å². The molecular formula is C18H34O11. The number of rotatable bonds is 8. The van der Waals surface area contributed by atoms with E-state index in [0.717, 1.165) is 0 Å². The largest absolute Gasteiger partial charge is 0.394 e. The van der Waals surface area contributed by atoms with Crippen LogP contribution < -0.4 is 0 Å². The van der Waals surface area contributed by atoms with Crippen molar-refractivity contribution >= 4 is 0 Å². The van der Waals surface area contributed by atoms with Gasteiger partial charge in [0.25, 0.3) is 0 Å². The molecule has 6 N–H and O–H groups in total. The van der Waals surface area contributed by atoms with E-state index in [1.165, 1.54) is 0 Å². The molecule has 2 fully saturated rings. The lowest BCUT2D eigenvalue weighted by molar-refractivity contribution is -0.364. The number of aliphatic hydroxyl groups is 6. The summed E-state index contributed by atoms with van der Waals surface area (Å²) in [7, 11) is 0. The summed E-state index contributed by atoms with van der Waals surface area (Å²) in [6.07, 6.45) is -13.7. The number of aliphatic hydroxyl groups excluding tert-OH is 6. The van der Waals surface area contributed by atoms with Crippen LogP contribution in [0.5, 0.6) is 0 Å². The van der Waals surface area contributed by atoms with Crippen LogP contribution >= 0.6 is 0 Å². The fraction of sp³-hybridized carbons (Fsp3) is 1.00. The maximum absolute atomic E-state index is 10.5. The predicted octanol–water partition coefficient (Wildman–Crippen LogP) is -2.53. The van der Waals surface area contributed by atoms with Crippen molar-refractivity contribution in [1.29, 1.82) is 0 Å². The van der Waals surface area contributed by atoms with Crippen LogP contribution in [0.15, 0.2) is 0 Å². The second kappa shape index (κ2) is 10.7. The smallest absolute Gasteiger partial charge is 0.187 e. The Balaban J connectivity index is 2.12. The summed E-state index contributed by atoms with van der Waals surface area (Å²) in [5, 5.41) is 60.8. The van der Waals surface area contributed by atoms with Gasteiger partial charge in [-0.1, -0.05) is 0 Å². The van der Waals surface area contributed by atoms with Crippen LogP contribution in [0.4, 0.5) is 0 Å². The zero-order valence-corrected chi connectivity index (χ0v) is 17.1. The van der Waals surface area contributed by atoms with E-state index >= 15 is 0 Å². The molecule has 2 heterocycles. The summed E-state index contributed by atoms with van der Waals surface area (Å²) < 4.78 is 27.5. The van der Waals surface area contributed by atoms with Gasteiger partial charge in [-0.05, 0) is 27.7 Å². The third kappa shape index (κ3) is 5.83. The van der Waals surface area contributed by atoms with Crippen molar-refractivity contribution in [3.05, 3.63) is 0 Å². The molecule has 2 rings (SSSR count). The molecule has 2 aliphatic heterocycles. The summed E-state index contributed by atoms with van der Waals surface area (Å²) in [6, 6.07) is 0. The molecule has 10 atom stereocenters. The first kappa shape index (κ1) is 24.8. The molecule has 0 aromatic heterocycles. The second-order valence-electron chi connectivity index (χ2n) is 7.85. The molecule has 0 radical (unpaired) electrons. The normalized spacial score (nSPS) is 43.9. The van der Waals surface area contributed by atoms with Crippen LogP contribution in [-0.2, 0) is 23.7 Å². The zero-order valence-electron chi connectivity index (χ0n) is 17.1. The lowest BCUT2D eigenvalue weighted by atomic mass is 9.96. The first-order chi connectivity index (χ1) is 13.6. The Morgan fingerprint density at radius 3 is 1.62 bits per heavy atom. The molecule has 0 spiro atoms. The minimum atomic E-state index is -1.57. The van der Waals surface area contributed by atoms with Gasteiger partial charge < -0.3 is 54.3 Å². The van der Waals surface area contributed by atoms with Crippen molar-refractivity contribution in [2.24, 2.45) is 0 Å². The fourth-order valence-electron chi connectivity index (χ4n) is 3.40. The van der Waals surface area contributed by atoms with Crippen molar-refractivity contribution in [2.75, 3.05) is 13.2 Å². The van der Waals surface area contributed by atoms with E-state index in [4.69, 9.17) is 23.7 Å². The molecule has 0 amide bonds. The van der Waals surface area contributed by atoms with Gasteiger partial charge in [0, 0.05) is 0 Å². The van der Waals surface area contributed by atoms with Gasteiger partial charge in [0.1, 0.15) is 48.8 Å². The molecule has 0 bridgehead atoms. The van der Waals surface area contributed by atoms with Crippen molar-refractivity contribution in [1.82, 2.24) is 0 Å². The van der Waals surface area contributed by atoms with Crippen LogP contribution in [0.3, 0.4) is 0 Å². The molecule has 29 heavy (non-hydrogen) atoms. The highest BCUT2D eigenvalue weighted by Crippen LogP contribution is 2.30. The van der Waals surface area contributed by atoms with Gasteiger partial charge in [0.2, 0.25) is 0 Å². The van der Waals surface area contributed by atoms with Gasteiger partial charge in [-0.15, -0.1) is 0 Å². The second-order valence-corrected chi connectivity index (χ2v) is 7.85. The molecule has 10 unspecified atom stereocenters. The van der Waals surface area contributed by atoms with E-state index in [1.807, 2.05) is 0 Å². The summed E-state index contributed by atoms with van der Waals surface area (Å²) >= 11 is 0. The van der Waals surface area contributed by atoms with E-state index in [1.54, 1.807) is 27.7 Å². The Labute approximate surface area is 169 Å². The standard InChI is InChI=1S/C18H34O11/c1-7(2)25-15-9(5-19)28-18(14(24)11(15)21)29-16-10(6-20)27-17(26-8(3)4)13(23)12(16)22/h7-24H,5-6H2,1-4H3. The third-order valence-electron chi connectivity index (χ3n) is 4.77. The molecule has 2 saturated heterocycles. The Morgan fingerprint density at radius 2 is 1.10 bits per heavy atom. The third-order valence-corrected chi connectivity index (χ3v) is 4.77. The van der Waals surface area contributed by atoms with Crippen LogP contribution in [-0.4, -0.2) is 117 Å². The highest BCUT2D eigenvalue weighted by molar-refractivity contribution is 4.94. The average Bonchev–Trinajstić information content (AvgIpc) is 2.66. The summed E-state index contributed by atoms with van der Waals surface area (Å²) in [4.78, 5) is 0. The van der Waals surface area contributed by atoms with Crippen molar-refractivity contribution in [3.8, 4) is 0 Å². The first-order valence-corrected chi connectivity index (χ1v) is 9.81. The molecule has 11 heteroatoms. The minimum Gasteiger partial charge on any atom is -0.394 e. The van der Waals surface area contributed by atoms with Crippen molar-refractivity contribution < 1.29 is 54.3 Å². The maximum Gasteiger partial charge on any atom is 0.187 e. The molecule has 0 aliphatic carbocycles. The van der Waals surface area contributed by atoms with Gasteiger partial charge in [0.15, 0.2) is 12.6 Å². The van der Waals surface area contributed by atoms with Crippen molar-refractivity contribution in [2.45, 2.75) is 101 Å². The van der Waals surface area contributed by atoms with Gasteiger partial charge in [-0.2, -0.15) is 0 Å². The van der Waals surface area contributed by atoms with Crippen molar-refractivity contribution in [3.63, 3.8) is 0 Å². The SMILES string of the molecule is CC(C)OC1OC(CO)C(OC2OC(CO)C(OC(C)C)C(O)C2O)C(O)C1O. The fourth-order valence-corrected chi connectivity index (χ4v) is 3.40. The first-order valence-electron chi connectivity index (χ1n) is 9.81. The van der Waals surface area contributed by atoms with Crippen LogP contribution in [0.25, 0.3) is 0 Å². The quantitative estimate of drug-likeness (QED) is 0.242. The molecule has 2 aliphatic rings.